The van der Waals surface area contributed by atoms with Crippen molar-refractivity contribution in [1.29, 1.82) is 0 Å². The van der Waals surface area contributed by atoms with Crippen molar-refractivity contribution < 1.29 is 4.92 Å². The fourth-order valence-electron chi connectivity index (χ4n) is 1.09. The number of imidazole rings is 1. The van der Waals surface area contributed by atoms with Crippen molar-refractivity contribution in [2.24, 2.45) is 0 Å². The van der Waals surface area contributed by atoms with E-state index in [1.54, 1.807) is 22.7 Å². The third kappa shape index (κ3) is 1.29. The standard InChI is InChI=1S/C7H4BrN3O2/c8-5-1-2-10-4-9-7(11(12)13)6(10)3-5/h1-4H. The maximum atomic E-state index is 10.5. The summed E-state index contributed by atoms with van der Waals surface area (Å²) in [7, 11) is 0. The molecule has 0 aliphatic carbocycles. The Labute approximate surface area is 81.3 Å². The molecule has 0 unspecified atom stereocenters. The minimum atomic E-state index is -0.498. The number of rotatable bonds is 1. The van der Waals surface area contributed by atoms with E-state index >= 15 is 0 Å². The van der Waals surface area contributed by atoms with Gasteiger partial charge in [0.05, 0.1) is 0 Å². The number of fused-ring (bicyclic) bond motifs is 1. The Hall–Kier alpha value is -1.43. The molecule has 0 spiro atoms. The van der Waals surface area contributed by atoms with E-state index in [1.807, 2.05) is 0 Å². The lowest BCUT2D eigenvalue weighted by Gasteiger charge is -1.93. The summed E-state index contributed by atoms with van der Waals surface area (Å²) in [6.45, 7) is 0. The highest BCUT2D eigenvalue weighted by molar-refractivity contribution is 9.10. The lowest BCUT2D eigenvalue weighted by molar-refractivity contribution is -0.387. The van der Waals surface area contributed by atoms with E-state index in [0.717, 1.165) is 4.47 Å². The third-order valence-corrected chi connectivity index (χ3v) is 2.15. The zero-order chi connectivity index (χ0) is 9.42. The maximum Gasteiger partial charge on any atom is 0.389 e. The van der Waals surface area contributed by atoms with Gasteiger partial charge in [0, 0.05) is 10.7 Å². The summed E-state index contributed by atoms with van der Waals surface area (Å²) >= 11 is 3.24. The van der Waals surface area contributed by atoms with Crippen LogP contribution in [0.3, 0.4) is 0 Å². The molecule has 2 aromatic rings. The second-order valence-electron chi connectivity index (χ2n) is 2.46. The summed E-state index contributed by atoms with van der Waals surface area (Å²) in [6.07, 6.45) is 3.12. The fraction of sp³-hybridized carbons (Fsp3) is 0. The van der Waals surface area contributed by atoms with Crippen LogP contribution in [0, 0.1) is 10.1 Å². The second kappa shape index (κ2) is 2.81. The second-order valence-corrected chi connectivity index (χ2v) is 3.38. The van der Waals surface area contributed by atoms with Crippen LogP contribution in [0.15, 0.2) is 29.1 Å². The average Bonchev–Trinajstić information content (AvgIpc) is 2.46. The lowest BCUT2D eigenvalue weighted by atomic mass is 10.4. The molecule has 5 nitrogen and oxygen atoms in total. The normalized spacial score (nSPS) is 10.5. The van der Waals surface area contributed by atoms with Gasteiger partial charge in [0.2, 0.25) is 6.33 Å². The molecular weight excluding hydrogens is 238 g/mol. The van der Waals surface area contributed by atoms with Gasteiger partial charge in [-0.1, -0.05) is 15.9 Å². The van der Waals surface area contributed by atoms with Crippen LogP contribution in [0.25, 0.3) is 5.52 Å². The highest BCUT2D eigenvalue weighted by atomic mass is 79.9. The largest absolute Gasteiger partial charge is 0.389 e. The van der Waals surface area contributed by atoms with E-state index in [4.69, 9.17) is 0 Å². The highest BCUT2D eigenvalue weighted by Crippen LogP contribution is 2.20. The maximum absolute atomic E-state index is 10.5. The van der Waals surface area contributed by atoms with Crippen LogP contribution in [0.1, 0.15) is 0 Å². The minimum Gasteiger partial charge on any atom is -0.358 e. The molecule has 66 valence electrons. The van der Waals surface area contributed by atoms with Gasteiger partial charge < -0.3 is 10.1 Å². The highest BCUT2D eigenvalue weighted by Gasteiger charge is 2.14. The van der Waals surface area contributed by atoms with E-state index in [2.05, 4.69) is 20.9 Å². The lowest BCUT2D eigenvalue weighted by Crippen LogP contribution is -1.88. The van der Waals surface area contributed by atoms with Crippen molar-refractivity contribution in [2.45, 2.75) is 0 Å². The van der Waals surface area contributed by atoms with Crippen LogP contribution in [0.4, 0.5) is 5.82 Å². The smallest absolute Gasteiger partial charge is 0.358 e. The van der Waals surface area contributed by atoms with Crippen molar-refractivity contribution in [1.82, 2.24) is 9.38 Å². The van der Waals surface area contributed by atoms with Crippen LogP contribution < -0.4 is 0 Å². The minimum absolute atomic E-state index is 0.124. The van der Waals surface area contributed by atoms with Gasteiger partial charge in [-0.15, -0.1) is 0 Å². The number of aromatic nitrogens is 2. The summed E-state index contributed by atoms with van der Waals surface area (Å²) < 4.78 is 2.40. The zero-order valence-electron chi connectivity index (χ0n) is 6.35. The van der Waals surface area contributed by atoms with E-state index in [-0.39, 0.29) is 5.82 Å². The molecule has 0 aliphatic heterocycles. The molecule has 2 aromatic heterocycles. The SMILES string of the molecule is O=[N+]([O-])c1ncn2ccc(Br)cc12. The summed E-state index contributed by atoms with van der Waals surface area (Å²) in [5.41, 5.74) is 0.486. The molecule has 0 atom stereocenters. The first-order valence-corrected chi connectivity index (χ1v) is 4.24. The topological polar surface area (TPSA) is 60.4 Å². The van der Waals surface area contributed by atoms with Gasteiger partial charge in [-0.25, -0.2) is 0 Å². The predicted molar refractivity (Wildman–Crippen MR) is 49.5 cm³/mol. The quantitative estimate of drug-likeness (QED) is 0.567. The number of nitro groups is 1. The number of hydrogen-bond donors (Lipinski definition) is 0. The summed E-state index contributed by atoms with van der Waals surface area (Å²) in [5.74, 6) is -0.124. The number of halogens is 1. The summed E-state index contributed by atoms with van der Waals surface area (Å²) in [5, 5.41) is 10.5. The van der Waals surface area contributed by atoms with E-state index in [1.165, 1.54) is 6.33 Å². The van der Waals surface area contributed by atoms with E-state index in [0.29, 0.717) is 5.52 Å². The monoisotopic (exact) mass is 241 g/mol. The zero-order valence-corrected chi connectivity index (χ0v) is 7.93. The van der Waals surface area contributed by atoms with Gasteiger partial charge in [0.25, 0.3) is 0 Å². The Morgan fingerprint density at radius 1 is 1.62 bits per heavy atom. The average molecular weight is 242 g/mol. The Kier molecular flexibility index (Phi) is 1.77. The van der Waals surface area contributed by atoms with Gasteiger partial charge in [-0.2, -0.15) is 0 Å². The molecular formula is C7H4BrN3O2. The van der Waals surface area contributed by atoms with Crippen LogP contribution in [-0.2, 0) is 0 Å². The molecule has 0 saturated heterocycles. The van der Waals surface area contributed by atoms with E-state index in [9.17, 15) is 10.1 Å². The van der Waals surface area contributed by atoms with Crippen LogP contribution >= 0.6 is 15.9 Å². The molecule has 0 bridgehead atoms. The Morgan fingerprint density at radius 3 is 3.08 bits per heavy atom. The summed E-state index contributed by atoms with van der Waals surface area (Å²) in [6, 6.07) is 3.45. The van der Waals surface area contributed by atoms with Crippen LogP contribution in [-0.4, -0.2) is 14.3 Å². The van der Waals surface area contributed by atoms with Gasteiger partial charge in [-0.05, 0) is 22.0 Å². The number of hydrogen-bond acceptors (Lipinski definition) is 3. The van der Waals surface area contributed by atoms with Crippen molar-refractivity contribution in [3.63, 3.8) is 0 Å². The van der Waals surface area contributed by atoms with Gasteiger partial charge >= 0.3 is 5.82 Å². The van der Waals surface area contributed by atoms with Gasteiger partial charge in [0.15, 0.2) is 0 Å². The molecule has 13 heavy (non-hydrogen) atoms. The molecule has 0 fully saturated rings. The van der Waals surface area contributed by atoms with Crippen LogP contribution in [0.2, 0.25) is 0 Å². The molecule has 0 aliphatic rings. The molecule has 0 radical (unpaired) electrons. The van der Waals surface area contributed by atoms with Crippen molar-refractivity contribution in [3.05, 3.63) is 39.2 Å². The Balaban J connectivity index is 2.79. The number of nitrogens with zero attached hydrogens (tertiary/aromatic N) is 3. The van der Waals surface area contributed by atoms with Crippen molar-refractivity contribution in [3.8, 4) is 0 Å². The molecule has 0 aromatic carbocycles. The predicted octanol–water partition coefficient (Wildman–Crippen LogP) is 2.00. The molecule has 6 heteroatoms. The Morgan fingerprint density at radius 2 is 2.38 bits per heavy atom. The fourth-order valence-corrected chi connectivity index (χ4v) is 1.42. The third-order valence-electron chi connectivity index (χ3n) is 1.65. The molecule has 2 rings (SSSR count). The Bertz CT molecular complexity index is 480. The molecule has 0 amide bonds. The first kappa shape index (κ1) is 8.18. The van der Waals surface area contributed by atoms with Crippen molar-refractivity contribution >= 4 is 27.3 Å². The number of pyridine rings is 1. The van der Waals surface area contributed by atoms with Gasteiger partial charge in [-0.3, -0.25) is 4.40 Å². The molecule has 0 saturated carbocycles. The first-order chi connectivity index (χ1) is 6.18. The first-order valence-electron chi connectivity index (χ1n) is 3.45. The molecule has 2 heterocycles. The molecule has 0 N–H and O–H groups in total. The van der Waals surface area contributed by atoms with Gasteiger partial charge in [0.1, 0.15) is 5.52 Å². The van der Waals surface area contributed by atoms with Crippen molar-refractivity contribution in [2.75, 3.05) is 0 Å². The van der Waals surface area contributed by atoms with Crippen LogP contribution in [0.5, 0.6) is 0 Å². The van der Waals surface area contributed by atoms with E-state index < -0.39 is 4.92 Å². The summed E-state index contributed by atoms with van der Waals surface area (Å²) in [4.78, 5) is 13.7.